The van der Waals surface area contributed by atoms with Crippen LogP contribution in [0.25, 0.3) is 0 Å². The first-order valence-corrected chi connectivity index (χ1v) is 7.12. The van der Waals surface area contributed by atoms with Gasteiger partial charge in [0.15, 0.2) is 0 Å². The van der Waals surface area contributed by atoms with Gasteiger partial charge >= 0.3 is 0 Å². The third-order valence-corrected chi connectivity index (χ3v) is 4.17. The SMILES string of the molecule is O=[N+]([O-])c1ccc(CNC2CCCCC2)c(Br)c1. The Morgan fingerprint density at radius 1 is 1.33 bits per heavy atom. The Balaban J connectivity index is 1.94. The topological polar surface area (TPSA) is 55.2 Å². The van der Waals surface area contributed by atoms with Gasteiger partial charge in [-0.05, 0) is 24.5 Å². The van der Waals surface area contributed by atoms with Crippen molar-refractivity contribution in [3.8, 4) is 0 Å². The van der Waals surface area contributed by atoms with Crippen LogP contribution in [0.5, 0.6) is 0 Å². The molecule has 1 fully saturated rings. The molecule has 1 aromatic carbocycles. The summed E-state index contributed by atoms with van der Waals surface area (Å²) in [7, 11) is 0. The van der Waals surface area contributed by atoms with Crippen molar-refractivity contribution in [1.82, 2.24) is 5.32 Å². The van der Waals surface area contributed by atoms with E-state index in [2.05, 4.69) is 21.2 Å². The molecule has 0 atom stereocenters. The van der Waals surface area contributed by atoms with Gasteiger partial charge in [0, 0.05) is 29.2 Å². The Labute approximate surface area is 115 Å². The van der Waals surface area contributed by atoms with Crippen molar-refractivity contribution in [3.63, 3.8) is 0 Å². The molecule has 98 valence electrons. The molecule has 0 bridgehead atoms. The van der Waals surface area contributed by atoms with E-state index in [1.54, 1.807) is 12.1 Å². The number of benzene rings is 1. The minimum absolute atomic E-state index is 0.128. The van der Waals surface area contributed by atoms with Crippen molar-refractivity contribution in [2.24, 2.45) is 0 Å². The second kappa shape index (κ2) is 6.29. The molecule has 1 aliphatic rings. The minimum atomic E-state index is -0.372. The fraction of sp³-hybridized carbons (Fsp3) is 0.538. The van der Waals surface area contributed by atoms with E-state index in [1.165, 1.54) is 32.1 Å². The molecule has 0 unspecified atom stereocenters. The zero-order valence-corrected chi connectivity index (χ0v) is 11.8. The molecule has 0 aromatic heterocycles. The van der Waals surface area contributed by atoms with Gasteiger partial charge < -0.3 is 5.32 Å². The van der Waals surface area contributed by atoms with E-state index in [9.17, 15) is 10.1 Å². The van der Waals surface area contributed by atoms with E-state index in [-0.39, 0.29) is 10.6 Å². The molecule has 1 saturated carbocycles. The van der Waals surface area contributed by atoms with Crippen molar-refractivity contribution < 1.29 is 4.92 Å². The maximum Gasteiger partial charge on any atom is 0.270 e. The number of nitrogens with one attached hydrogen (secondary N) is 1. The monoisotopic (exact) mass is 312 g/mol. The zero-order valence-electron chi connectivity index (χ0n) is 10.2. The third kappa shape index (κ3) is 3.53. The smallest absolute Gasteiger partial charge is 0.270 e. The summed E-state index contributed by atoms with van der Waals surface area (Å²) in [6, 6.07) is 5.54. The number of rotatable bonds is 4. The van der Waals surface area contributed by atoms with Crippen LogP contribution in [0.1, 0.15) is 37.7 Å². The van der Waals surface area contributed by atoms with Crippen LogP contribution in [0.15, 0.2) is 22.7 Å². The van der Waals surface area contributed by atoms with Crippen molar-refractivity contribution >= 4 is 21.6 Å². The molecule has 5 heteroatoms. The second-order valence-electron chi connectivity index (χ2n) is 4.75. The maximum absolute atomic E-state index is 10.6. The van der Waals surface area contributed by atoms with Crippen molar-refractivity contribution in [1.29, 1.82) is 0 Å². The molecule has 18 heavy (non-hydrogen) atoms. The second-order valence-corrected chi connectivity index (χ2v) is 5.60. The first kappa shape index (κ1) is 13.5. The summed E-state index contributed by atoms with van der Waals surface area (Å²) in [6.45, 7) is 0.767. The van der Waals surface area contributed by atoms with Crippen LogP contribution in [0.3, 0.4) is 0 Å². The molecular weight excluding hydrogens is 296 g/mol. The predicted molar refractivity (Wildman–Crippen MR) is 74.5 cm³/mol. The summed E-state index contributed by atoms with van der Waals surface area (Å²) >= 11 is 3.40. The molecule has 1 N–H and O–H groups in total. The highest BCUT2D eigenvalue weighted by Crippen LogP contribution is 2.24. The Kier molecular flexibility index (Phi) is 4.72. The van der Waals surface area contributed by atoms with Gasteiger partial charge in [0.05, 0.1) is 4.92 Å². The van der Waals surface area contributed by atoms with Crippen LogP contribution < -0.4 is 5.32 Å². The number of nitro groups is 1. The van der Waals surface area contributed by atoms with E-state index in [0.717, 1.165) is 16.6 Å². The van der Waals surface area contributed by atoms with Crippen LogP contribution in [0.4, 0.5) is 5.69 Å². The molecule has 4 nitrogen and oxygen atoms in total. The maximum atomic E-state index is 10.6. The molecule has 0 saturated heterocycles. The lowest BCUT2D eigenvalue weighted by Gasteiger charge is -2.23. The van der Waals surface area contributed by atoms with Gasteiger partial charge in [-0.15, -0.1) is 0 Å². The van der Waals surface area contributed by atoms with E-state index >= 15 is 0 Å². The molecular formula is C13H17BrN2O2. The van der Waals surface area contributed by atoms with Crippen molar-refractivity contribution in [2.75, 3.05) is 0 Å². The van der Waals surface area contributed by atoms with Crippen molar-refractivity contribution in [3.05, 3.63) is 38.3 Å². The molecule has 0 radical (unpaired) electrons. The standard InChI is InChI=1S/C13H17BrN2O2/c14-13-8-12(16(17)18)7-6-10(13)9-15-11-4-2-1-3-5-11/h6-8,11,15H,1-5,9H2. The van der Waals surface area contributed by atoms with Crippen LogP contribution >= 0.6 is 15.9 Å². The zero-order chi connectivity index (χ0) is 13.0. The van der Waals surface area contributed by atoms with Crippen LogP contribution in [-0.4, -0.2) is 11.0 Å². The highest BCUT2D eigenvalue weighted by molar-refractivity contribution is 9.10. The Morgan fingerprint density at radius 2 is 2.06 bits per heavy atom. The number of nitrogens with zero attached hydrogens (tertiary/aromatic N) is 1. The van der Waals surface area contributed by atoms with Gasteiger partial charge in [0.2, 0.25) is 0 Å². The molecule has 0 spiro atoms. The average molecular weight is 313 g/mol. The van der Waals surface area contributed by atoms with Gasteiger partial charge in [-0.3, -0.25) is 10.1 Å². The summed E-state index contributed by atoms with van der Waals surface area (Å²) in [5.41, 5.74) is 1.20. The van der Waals surface area contributed by atoms with Crippen LogP contribution in [0.2, 0.25) is 0 Å². The number of hydrogen-bond donors (Lipinski definition) is 1. The molecule has 1 aromatic rings. The quantitative estimate of drug-likeness (QED) is 0.680. The summed E-state index contributed by atoms with van der Waals surface area (Å²) in [5, 5.41) is 14.2. The van der Waals surface area contributed by atoms with Gasteiger partial charge in [-0.25, -0.2) is 0 Å². The van der Waals surface area contributed by atoms with Crippen LogP contribution in [0, 0.1) is 10.1 Å². The molecule has 0 heterocycles. The van der Waals surface area contributed by atoms with Crippen LogP contribution in [-0.2, 0) is 6.54 Å². The normalized spacial score (nSPS) is 16.7. The van der Waals surface area contributed by atoms with E-state index in [4.69, 9.17) is 0 Å². The number of hydrogen-bond acceptors (Lipinski definition) is 3. The summed E-state index contributed by atoms with van der Waals surface area (Å²) in [6.07, 6.45) is 6.44. The largest absolute Gasteiger partial charge is 0.310 e. The van der Waals surface area contributed by atoms with E-state index in [1.807, 2.05) is 6.07 Å². The summed E-state index contributed by atoms with van der Waals surface area (Å²) in [4.78, 5) is 10.3. The number of nitro benzene ring substituents is 1. The molecule has 2 rings (SSSR count). The molecule has 1 aliphatic carbocycles. The lowest BCUT2D eigenvalue weighted by Crippen LogP contribution is -2.30. The van der Waals surface area contributed by atoms with Gasteiger partial charge in [0.1, 0.15) is 0 Å². The van der Waals surface area contributed by atoms with Gasteiger partial charge in [-0.2, -0.15) is 0 Å². The first-order valence-electron chi connectivity index (χ1n) is 6.33. The Morgan fingerprint density at radius 3 is 2.67 bits per heavy atom. The highest BCUT2D eigenvalue weighted by atomic mass is 79.9. The van der Waals surface area contributed by atoms with Gasteiger partial charge in [0.25, 0.3) is 5.69 Å². The summed E-state index contributed by atoms with van der Waals surface area (Å²) in [5.74, 6) is 0. The third-order valence-electron chi connectivity index (χ3n) is 3.43. The lowest BCUT2D eigenvalue weighted by molar-refractivity contribution is -0.384. The van der Waals surface area contributed by atoms with E-state index in [0.29, 0.717) is 6.04 Å². The fourth-order valence-corrected chi connectivity index (χ4v) is 2.86. The molecule has 0 aliphatic heterocycles. The first-order chi connectivity index (χ1) is 8.66. The fourth-order valence-electron chi connectivity index (χ4n) is 2.35. The average Bonchev–Trinajstić information content (AvgIpc) is 2.38. The molecule has 0 amide bonds. The van der Waals surface area contributed by atoms with E-state index < -0.39 is 0 Å². The van der Waals surface area contributed by atoms with Crippen molar-refractivity contribution in [2.45, 2.75) is 44.7 Å². The number of non-ortho nitro benzene ring substituents is 1. The summed E-state index contributed by atoms with van der Waals surface area (Å²) < 4.78 is 0.806. The highest BCUT2D eigenvalue weighted by Gasteiger charge is 2.14. The Hall–Kier alpha value is -0.940. The number of halogens is 1. The Bertz CT molecular complexity index is 431. The minimum Gasteiger partial charge on any atom is -0.310 e. The van der Waals surface area contributed by atoms with Gasteiger partial charge in [-0.1, -0.05) is 35.2 Å². The predicted octanol–water partition coefficient (Wildman–Crippen LogP) is 3.78. The lowest BCUT2D eigenvalue weighted by atomic mass is 9.95.